The Hall–Kier alpha value is -3.20. The third-order valence-corrected chi connectivity index (χ3v) is 7.88. The molecule has 0 atom stereocenters. The Kier molecular flexibility index (Phi) is 8.18. The lowest BCUT2D eigenvalue weighted by atomic mass is 9.97. The summed E-state index contributed by atoms with van der Waals surface area (Å²) >= 11 is 7.16. The molecule has 0 unspecified atom stereocenters. The van der Waals surface area contributed by atoms with E-state index in [1.807, 2.05) is 0 Å². The van der Waals surface area contributed by atoms with Crippen LogP contribution in [-0.4, -0.2) is 49.7 Å². The van der Waals surface area contributed by atoms with Crippen LogP contribution in [0.2, 0.25) is 4.34 Å². The van der Waals surface area contributed by atoms with Gasteiger partial charge in [0.25, 0.3) is 0 Å². The normalized spacial score (nSPS) is 15.1. The van der Waals surface area contributed by atoms with Crippen molar-refractivity contribution >= 4 is 34.8 Å². The van der Waals surface area contributed by atoms with E-state index in [2.05, 4.69) is 10.1 Å². The van der Waals surface area contributed by atoms with Crippen LogP contribution in [0, 0.1) is 12.7 Å². The molecule has 3 heterocycles. The number of alkyl halides is 6. The van der Waals surface area contributed by atoms with E-state index in [9.17, 15) is 40.3 Å². The number of carboxylic acids is 1. The molecule has 1 aromatic carbocycles. The monoisotopic (exact) mass is 612 g/mol. The number of thiazole rings is 1. The molecule has 0 saturated carbocycles. The van der Waals surface area contributed by atoms with Crippen LogP contribution in [0.3, 0.4) is 0 Å². The second kappa shape index (κ2) is 11.0. The Balaban J connectivity index is 1.47. The number of benzene rings is 1. The molecule has 3 aromatic rings. The van der Waals surface area contributed by atoms with E-state index >= 15 is 0 Å². The molecular weight excluding hydrogens is 593 g/mol. The van der Waals surface area contributed by atoms with Crippen molar-refractivity contribution in [3.8, 4) is 11.3 Å². The van der Waals surface area contributed by atoms with Crippen LogP contribution in [0.5, 0.6) is 0 Å². The highest BCUT2D eigenvalue weighted by Crippen LogP contribution is 2.43. The van der Waals surface area contributed by atoms with Gasteiger partial charge in [-0.05, 0) is 38.0 Å². The smallest absolute Gasteiger partial charge is 0.416 e. The minimum absolute atomic E-state index is 0.0210. The molecule has 40 heavy (non-hydrogen) atoms. The number of hydrogen-bond donors (Lipinski definition) is 1. The van der Waals surface area contributed by atoms with E-state index in [0.29, 0.717) is 30.0 Å². The molecule has 1 saturated heterocycles. The number of carbonyl (C=O) groups is 2. The molecule has 0 bridgehead atoms. The number of halogens is 8. The molecule has 16 heteroatoms. The molecule has 0 spiro atoms. The second-order valence-corrected chi connectivity index (χ2v) is 10.8. The van der Waals surface area contributed by atoms with Crippen LogP contribution >= 0.6 is 22.9 Å². The average Bonchev–Trinajstić information content (AvgIpc) is 3.37. The summed E-state index contributed by atoms with van der Waals surface area (Å²) in [6.45, 7) is 1.57. The van der Waals surface area contributed by atoms with Crippen molar-refractivity contribution < 1.29 is 45.4 Å². The molecule has 2 aromatic heterocycles. The molecule has 216 valence electrons. The van der Waals surface area contributed by atoms with Crippen molar-refractivity contribution in [2.24, 2.45) is 0 Å². The Labute approximate surface area is 231 Å². The van der Waals surface area contributed by atoms with Crippen LogP contribution in [-0.2, 0) is 34.9 Å². The fourth-order valence-corrected chi connectivity index (χ4v) is 5.73. The minimum Gasteiger partial charge on any atom is -0.481 e. The van der Waals surface area contributed by atoms with Crippen LogP contribution in [0.15, 0.2) is 18.2 Å². The number of aromatic nitrogens is 3. The largest absolute Gasteiger partial charge is 0.481 e. The lowest BCUT2D eigenvalue weighted by molar-refractivity contribution is -0.143. The predicted molar refractivity (Wildman–Crippen MR) is 129 cm³/mol. The number of carbonyl (C=O) groups excluding carboxylic acids is 1. The van der Waals surface area contributed by atoms with Gasteiger partial charge in [-0.1, -0.05) is 11.6 Å². The van der Waals surface area contributed by atoms with Gasteiger partial charge in [0.2, 0.25) is 5.91 Å². The van der Waals surface area contributed by atoms with E-state index in [0.717, 1.165) is 16.0 Å². The zero-order valence-electron chi connectivity index (χ0n) is 20.5. The Morgan fingerprint density at radius 3 is 2.17 bits per heavy atom. The summed E-state index contributed by atoms with van der Waals surface area (Å²) in [4.78, 5) is 29.4. The first-order valence-electron chi connectivity index (χ1n) is 11.7. The highest BCUT2D eigenvalue weighted by atomic mass is 35.5. The molecule has 1 fully saturated rings. The number of piperidine rings is 1. The van der Waals surface area contributed by atoms with E-state index in [-0.39, 0.29) is 58.9 Å². The number of likely N-dealkylation sites (tertiary alicyclic amines) is 1. The molecule has 1 aliphatic heterocycles. The Morgan fingerprint density at radius 1 is 1.07 bits per heavy atom. The second-order valence-electron chi connectivity index (χ2n) is 9.20. The SMILES string of the molecule is Cc1c(F)c(CC(=O)O)nn1CC(=O)N1CCC(c2nc(-c3cc(C(F)(F)F)cc(C(F)(F)F)c3)c(Cl)s2)CC1. The van der Waals surface area contributed by atoms with E-state index in [1.54, 1.807) is 0 Å². The van der Waals surface area contributed by atoms with Gasteiger partial charge in [-0.25, -0.2) is 9.37 Å². The molecule has 1 amide bonds. The number of aliphatic carboxylic acids is 1. The molecular formula is C24H20ClF7N4O3S. The first-order chi connectivity index (χ1) is 18.5. The molecule has 1 aliphatic rings. The molecule has 4 rings (SSSR count). The number of amides is 1. The van der Waals surface area contributed by atoms with Crippen LogP contribution < -0.4 is 0 Å². The van der Waals surface area contributed by atoms with Crippen molar-refractivity contribution in [2.75, 3.05) is 13.1 Å². The highest BCUT2D eigenvalue weighted by molar-refractivity contribution is 7.16. The van der Waals surface area contributed by atoms with E-state index in [4.69, 9.17) is 16.7 Å². The molecule has 7 nitrogen and oxygen atoms in total. The summed E-state index contributed by atoms with van der Waals surface area (Å²) in [5.41, 5.74) is -3.81. The van der Waals surface area contributed by atoms with Gasteiger partial charge in [-0.2, -0.15) is 31.4 Å². The van der Waals surface area contributed by atoms with Crippen molar-refractivity contribution in [1.82, 2.24) is 19.7 Å². The zero-order chi connectivity index (χ0) is 29.6. The quantitative estimate of drug-likeness (QED) is 0.336. The van der Waals surface area contributed by atoms with Crippen molar-refractivity contribution in [3.05, 3.63) is 55.9 Å². The van der Waals surface area contributed by atoms with Gasteiger partial charge in [-0.3, -0.25) is 14.3 Å². The van der Waals surface area contributed by atoms with Gasteiger partial charge in [0.1, 0.15) is 22.3 Å². The maximum absolute atomic E-state index is 14.2. The summed E-state index contributed by atoms with van der Waals surface area (Å²) in [7, 11) is 0. The summed E-state index contributed by atoms with van der Waals surface area (Å²) in [5.74, 6) is -2.70. The third kappa shape index (κ3) is 6.40. The fourth-order valence-electron chi connectivity index (χ4n) is 4.36. The average molecular weight is 613 g/mol. The van der Waals surface area contributed by atoms with Gasteiger partial charge < -0.3 is 10.0 Å². The third-order valence-electron chi connectivity index (χ3n) is 6.46. The number of hydrogen-bond acceptors (Lipinski definition) is 5. The predicted octanol–water partition coefficient (Wildman–Crippen LogP) is 6.18. The number of carboxylic acid groups (broad SMARTS) is 1. The van der Waals surface area contributed by atoms with Gasteiger partial charge in [0.15, 0.2) is 5.82 Å². The zero-order valence-corrected chi connectivity index (χ0v) is 22.1. The topological polar surface area (TPSA) is 88.3 Å². The summed E-state index contributed by atoms with van der Waals surface area (Å²) in [5, 5.41) is 13.2. The van der Waals surface area contributed by atoms with E-state index in [1.165, 1.54) is 11.8 Å². The maximum Gasteiger partial charge on any atom is 0.416 e. The standard InChI is InChI=1S/C24H20ClF7N4O3S/c1-11-19(26)16(9-18(38)39)34-36(11)10-17(37)35-4-2-12(3-5-35)22-33-20(21(25)40-22)13-6-14(23(27,28)29)8-15(7-13)24(30,31)32/h6-8,12H,2-5,9-10H2,1H3,(H,38,39). The highest BCUT2D eigenvalue weighted by Gasteiger charge is 2.38. The fraction of sp³-hybridized carbons (Fsp3) is 0.417. The van der Waals surface area contributed by atoms with Crippen molar-refractivity contribution in [3.63, 3.8) is 0 Å². The maximum atomic E-state index is 14.2. The van der Waals surface area contributed by atoms with Gasteiger partial charge in [0, 0.05) is 24.6 Å². The summed E-state index contributed by atoms with van der Waals surface area (Å²) < 4.78 is 95.0. The number of rotatable bonds is 6. The van der Waals surface area contributed by atoms with E-state index < -0.39 is 47.3 Å². The first-order valence-corrected chi connectivity index (χ1v) is 12.9. The van der Waals surface area contributed by atoms with Crippen molar-refractivity contribution in [2.45, 2.75) is 51.0 Å². The lowest BCUT2D eigenvalue weighted by Gasteiger charge is -2.31. The van der Waals surface area contributed by atoms with Crippen LogP contribution in [0.1, 0.15) is 46.3 Å². The summed E-state index contributed by atoms with van der Waals surface area (Å²) in [6, 6.07) is 1.18. The van der Waals surface area contributed by atoms with Crippen molar-refractivity contribution in [1.29, 1.82) is 0 Å². The molecule has 0 radical (unpaired) electrons. The van der Waals surface area contributed by atoms with Crippen LogP contribution in [0.4, 0.5) is 30.7 Å². The van der Waals surface area contributed by atoms with Crippen LogP contribution in [0.25, 0.3) is 11.3 Å². The minimum atomic E-state index is -5.01. The Morgan fingerprint density at radius 2 is 1.65 bits per heavy atom. The van der Waals surface area contributed by atoms with Gasteiger partial charge in [-0.15, -0.1) is 11.3 Å². The molecule has 1 N–H and O–H groups in total. The Bertz CT molecular complexity index is 1410. The van der Waals surface area contributed by atoms with Gasteiger partial charge >= 0.3 is 18.3 Å². The van der Waals surface area contributed by atoms with Gasteiger partial charge in [0.05, 0.1) is 28.2 Å². The first kappa shape index (κ1) is 29.8. The molecule has 0 aliphatic carbocycles. The number of nitrogens with zero attached hydrogens (tertiary/aromatic N) is 4. The lowest BCUT2D eigenvalue weighted by Crippen LogP contribution is -2.40. The summed E-state index contributed by atoms with van der Waals surface area (Å²) in [6.07, 6.45) is -9.88.